The van der Waals surface area contributed by atoms with E-state index in [0.29, 0.717) is 10.8 Å². The summed E-state index contributed by atoms with van der Waals surface area (Å²) in [6.07, 6.45) is 1.17. The number of benzene rings is 1. The summed E-state index contributed by atoms with van der Waals surface area (Å²) in [5.41, 5.74) is 4.49. The van der Waals surface area contributed by atoms with Gasteiger partial charge in [0.05, 0.1) is 5.76 Å². The maximum atomic E-state index is 11.9. The number of aliphatic hydroxyl groups is 1. The number of aliphatic hydroxyl groups excluding tert-OH is 1. The second kappa shape index (κ2) is 4.85. The zero-order valence-corrected chi connectivity index (χ0v) is 10.1. The van der Waals surface area contributed by atoms with Gasteiger partial charge in [-0.15, -0.1) is 10.2 Å². The van der Waals surface area contributed by atoms with Gasteiger partial charge in [-0.3, -0.25) is 9.59 Å². The van der Waals surface area contributed by atoms with Gasteiger partial charge < -0.3 is 10.8 Å². The summed E-state index contributed by atoms with van der Waals surface area (Å²) in [6, 6.07) is 6.46. The Morgan fingerprint density at radius 1 is 1.21 bits per heavy atom. The molecule has 0 saturated carbocycles. The third kappa shape index (κ3) is 2.42. The lowest BCUT2D eigenvalue weighted by atomic mass is 10.2. The predicted octanol–water partition coefficient (Wildman–Crippen LogP) is 0.0705. The van der Waals surface area contributed by atoms with Crippen LogP contribution in [0.3, 0.4) is 0 Å². The number of amidine groups is 1. The van der Waals surface area contributed by atoms with Gasteiger partial charge in [0, 0.05) is 16.8 Å². The summed E-state index contributed by atoms with van der Waals surface area (Å²) in [5.74, 6) is -0.141. The van der Waals surface area contributed by atoms with Gasteiger partial charge in [-0.2, -0.15) is 0 Å². The molecular weight excluding hydrogens is 246 g/mol. The van der Waals surface area contributed by atoms with E-state index in [4.69, 9.17) is 10.8 Å². The van der Waals surface area contributed by atoms with Crippen molar-refractivity contribution >= 4 is 16.6 Å². The van der Waals surface area contributed by atoms with Gasteiger partial charge in [0.2, 0.25) is 10.9 Å². The summed E-state index contributed by atoms with van der Waals surface area (Å²) in [6.45, 7) is 1.41. The minimum atomic E-state index is -0.471. The molecule has 0 heterocycles. The van der Waals surface area contributed by atoms with E-state index in [2.05, 4.69) is 10.2 Å². The average molecular weight is 257 g/mol. The van der Waals surface area contributed by atoms with E-state index in [0.717, 1.165) is 0 Å². The first-order valence-electron chi connectivity index (χ1n) is 5.47. The summed E-state index contributed by atoms with van der Waals surface area (Å²) in [4.78, 5) is 23.8. The number of rotatable bonds is 2. The number of hydrogen-bond acceptors (Lipinski definition) is 5. The maximum Gasteiger partial charge on any atom is 0.218 e. The van der Waals surface area contributed by atoms with Gasteiger partial charge >= 0.3 is 0 Å². The zero-order valence-electron chi connectivity index (χ0n) is 10.1. The van der Waals surface area contributed by atoms with Crippen LogP contribution in [0.2, 0.25) is 0 Å². The van der Waals surface area contributed by atoms with E-state index in [1.54, 1.807) is 24.3 Å². The van der Waals surface area contributed by atoms with E-state index in [1.165, 1.54) is 13.0 Å². The first-order chi connectivity index (χ1) is 9.00. The molecule has 0 aromatic heterocycles. The molecule has 0 radical (unpaired) electrons. The van der Waals surface area contributed by atoms with E-state index in [9.17, 15) is 9.59 Å². The van der Waals surface area contributed by atoms with Crippen molar-refractivity contribution in [2.45, 2.75) is 6.92 Å². The smallest absolute Gasteiger partial charge is 0.218 e. The van der Waals surface area contributed by atoms with Crippen LogP contribution < -0.4 is 21.9 Å². The number of nitrogens with zero attached hydrogens (tertiary/aromatic N) is 2. The van der Waals surface area contributed by atoms with Crippen LogP contribution in [0.5, 0.6) is 0 Å². The molecule has 96 valence electrons. The molecule has 0 aliphatic rings. The minimum Gasteiger partial charge on any atom is -0.512 e. The molecule has 6 nitrogen and oxygen atoms in total. The van der Waals surface area contributed by atoms with Crippen LogP contribution in [0.4, 0.5) is 0 Å². The molecule has 6 heteroatoms. The average Bonchev–Trinajstić information content (AvgIpc) is 2.60. The van der Waals surface area contributed by atoms with Gasteiger partial charge in [0.25, 0.3) is 0 Å². The quantitative estimate of drug-likeness (QED) is 0.343. The Morgan fingerprint density at radius 3 is 2.21 bits per heavy atom. The SMILES string of the molecule is C/C(O)=C/C(N)=NN=c1c(=O)c2ccccc2c1=O. The maximum absolute atomic E-state index is 11.9. The molecular formula is C13H11N3O3. The van der Waals surface area contributed by atoms with Crippen LogP contribution in [0, 0.1) is 0 Å². The lowest BCUT2D eigenvalue weighted by Crippen LogP contribution is -2.31. The third-order valence-corrected chi connectivity index (χ3v) is 2.47. The van der Waals surface area contributed by atoms with Gasteiger partial charge in [-0.1, -0.05) is 24.3 Å². The van der Waals surface area contributed by atoms with Crippen molar-refractivity contribution in [3.63, 3.8) is 0 Å². The van der Waals surface area contributed by atoms with Gasteiger partial charge in [-0.05, 0) is 6.92 Å². The predicted molar refractivity (Wildman–Crippen MR) is 72.4 cm³/mol. The van der Waals surface area contributed by atoms with Crippen molar-refractivity contribution < 1.29 is 5.11 Å². The Morgan fingerprint density at radius 2 is 1.74 bits per heavy atom. The van der Waals surface area contributed by atoms with E-state index < -0.39 is 10.9 Å². The van der Waals surface area contributed by atoms with Gasteiger partial charge in [0.15, 0.2) is 5.36 Å². The van der Waals surface area contributed by atoms with Crippen LogP contribution in [0.1, 0.15) is 6.92 Å². The van der Waals surface area contributed by atoms with E-state index >= 15 is 0 Å². The molecule has 0 unspecified atom stereocenters. The van der Waals surface area contributed by atoms with E-state index in [-0.39, 0.29) is 17.0 Å². The Bertz CT molecular complexity index is 786. The van der Waals surface area contributed by atoms with Crippen molar-refractivity contribution in [3.05, 3.63) is 61.9 Å². The Hall–Kier alpha value is -2.76. The molecule has 0 saturated heterocycles. The standard InChI is InChI=1S/C13H11N3O3/c1-7(17)6-10(14)15-16-11-12(18)8-4-2-3-5-9(8)13(11)19/h2-6,17H,1H3,(H2,14,15)/b7-6-. The molecule has 0 spiro atoms. The Kier molecular flexibility index (Phi) is 3.24. The lowest BCUT2D eigenvalue weighted by Gasteiger charge is -1.88. The van der Waals surface area contributed by atoms with E-state index in [1.807, 2.05) is 0 Å². The molecule has 0 atom stereocenters. The summed E-state index contributed by atoms with van der Waals surface area (Å²) < 4.78 is 0. The molecule has 2 aromatic carbocycles. The van der Waals surface area contributed by atoms with Crippen LogP contribution in [0.15, 0.2) is 55.9 Å². The summed E-state index contributed by atoms with van der Waals surface area (Å²) >= 11 is 0. The topological polar surface area (TPSA) is 105 Å². The minimum absolute atomic E-state index is 0.0474. The van der Waals surface area contributed by atoms with Crippen molar-refractivity contribution in [1.29, 1.82) is 0 Å². The molecule has 0 fully saturated rings. The van der Waals surface area contributed by atoms with Crippen LogP contribution in [-0.2, 0) is 0 Å². The largest absolute Gasteiger partial charge is 0.512 e. The first-order valence-corrected chi connectivity index (χ1v) is 5.47. The van der Waals surface area contributed by atoms with Crippen molar-refractivity contribution in [3.8, 4) is 0 Å². The molecule has 0 aliphatic heterocycles. The number of hydrogen-bond donors (Lipinski definition) is 2. The summed E-state index contributed by atoms with van der Waals surface area (Å²) in [7, 11) is 0. The number of allylic oxidation sites excluding steroid dienone is 1. The molecule has 2 rings (SSSR count). The van der Waals surface area contributed by atoms with Crippen LogP contribution in [-0.4, -0.2) is 10.9 Å². The zero-order chi connectivity index (χ0) is 14.0. The number of fused-ring (bicyclic) bond motifs is 1. The summed E-state index contributed by atoms with van der Waals surface area (Å²) in [5, 5.41) is 16.4. The van der Waals surface area contributed by atoms with Crippen molar-refractivity contribution in [2.24, 2.45) is 15.9 Å². The van der Waals surface area contributed by atoms with Crippen molar-refractivity contribution in [1.82, 2.24) is 0 Å². The van der Waals surface area contributed by atoms with Crippen LogP contribution >= 0.6 is 0 Å². The van der Waals surface area contributed by atoms with Gasteiger partial charge in [-0.25, -0.2) is 0 Å². The van der Waals surface area contributed by atoms with Gasteiger partial charge in [0.1, 0.15) is 5.84 Å². The molecule has 0 amide bonds. The highest BCUT2D eigenvalue weighted by Crippen LogP contribution is 2.01. The highest BCUT2D eigenvalue weighted by Gasteiger charge is 2.09. The molecule has 0 bridgehead atoms. The Labute approximate surface area is 107 Å². The van der Waals surface area contributed by atoms with Crippen molar-refractivity contribution in [2.75, 3.05) is 0 Å². The highest BCUT2D eigenvalue weighted by atomic mass is 16.3. The number of nitrogens with two attached hydrogens (primary N) is 1. The first kappa shape index (κ1) is 12.7. The molecule has 0 aliphatic carbocycles. The fourth-order valence-corrected chi connectivity index (χ4v) is 1.68. The molecule has 2 aromatic rings. The normalized spacial score (nSPS) is 12.9. The lowest BCUT2D eigenvalue weighted by molar-refractivity contribution is 0.415. The third-order valence-electron chi connectivity index (χ3n) is 2.47. The highest BCUT2D eigenvalue weighted by molar-refractivity contribution is 5.91. The second-order valence-electron chi connectivity index (χ2n) is 3.96. The monoisotopic (exact) mass is 257 g/mol. The second-order valence-corrected chi connectivity index (χ2v) is 3.96. The fourth-order valence-electron chi connectivity index (χ4n) is 1.68. The Balaban J connectivity index is 2.68. The molecule has 3 N–H and O–H groups in total. The van der Waals surface area contributed by atoms with Crippen LogP contribution in [0.25, 0.3) is 10.8 Å². The fraction of sp³-hybridized carbons (Fsp3) is 0.0769. The molecule has 19 heavy (non-hydrogen) atoms.